The Labute approximate surface area is 164 Å². The van der Waals surface area contributed by atoms with Crippen molar-refractivity contribution >= 4 is 27.5 Å². The van der Waals surface area contributed by atoms with E-state index < -0.39 is 0 Å². The predicted octanol–water partition coefficient (Wildman–Crippen LogP) is 3.99. The van der Waals surface area contributed by atoms with Gasteiger partial charge in [-0.1, -0.05) is 24.3 Å². The van der Waals surface area contributed by atoms with E-state index >= 15 is 0 Å². The molecule has 0 spiro atoms. The molecule has 0 bridgehead atoms. The number of ether oxygens (including phenoxy) is 1. The number of thiazole rings is 1. The van der Waals surface area contributed by atoms with E-state index in [1.54, 1.807) is 18.4 Å². The molecule has 0 saturated heterocycles. The lowest BCUT2D eigenvalue weighted by atomic mass is 10.2. The Kier molecular flexibility index (Phi) is 7.04. The average molecular weight is 383 g/mol. The first-order valence-corrected chi connectivity index (χ1v) is 10.1. The standard InChI is InChI=1S/C21H26N4OS/c1-3-22-21(24-15-16-10-12-17(26-2)13-11-16)23-14-6-9-20-25-18-7-4-5-8-19(18)27-20/h4-5,7-8,10-13H,3,6,9,14-15H2,1-2H3,(H2,22,23,24). The Bertz CT molecular complexity index is 840. The van der Waals surface area contributed by atoms with Crippen molar-refractivity contribution in [1.29, 1.82) is 0 Å². The summed E-state index contributed by atoms with van der Waals surface area (Å²) >= 11 is 1.78. The van der Waals surface area contributed by atoms with E-state index in [1.807, 2.05) is 30.3 Å². The molecule has 6 heteroatoms. The van der Waals surface area contributed by atoms with Gasteiger partial charge in [0.15, 0.2) is 5.96 Å². The molecule has 0 radical (unpaired) electrons. The third kappa shape index (κ3) is 5.69. The highest BCUT2D eigenvalue weighted by atomic mass is 32.1. The second kappa shape index (κ2) is 9.92. The van der Waals surface area contributed by atoms with Crippen LogP contribution in [-0.2, 0) is 13.0 Å². The van der Waals surface area contributed by atoms with E-state index in [-0.39, 0.29) is 0 Å². The Morgan fingerprint density at radius 2 is 1.93 bits per heavy atom. The van der Waals surface area contributed by atoms with E-state index in [0.29, 0.717) is 6.54 Å². The Morgan fingerprint density at radius 1 is 1.11 bits per heavy atom. The molecule has 3 rings (SSSR count). The number of aromatic nitrogens is 1. The fourth-order valence-electron chi connectivity index (χ4n) is 2.72. The van der Waals surface area contributed by atoms with Crippen LogP contribution in [0.15, 0.2) is 53.5 Å². The van der Waals surface area contributed by atoms with Crippen LogP contribution in [0.4, 0.5) is 0 Å². The van der Waals surface area contributed by atoms with Crippen LogP contribution in [0.3, 0.4) is 0 Å². The maximum atomic E-state index is 5.19. The number of aliphatic imine (C=N–C) groups is 1. The van der Waals surface area contributed by atoms with Crippen molar-refractivity contribution in [2.75, 3.05) is 20.2 Å². The van der Waals surface area contributed by atoms with E-state index in [1.165, 1.54) is 9.71 Å². The van der Waals surface area contributed by atoms with Gasteiger partial charge in [0, 0.05) is 19.5 Å². The SMILES string of the molecule is CCNC(=NCc1ccc(OC)cc1)NCCCc1nc2ccccc2s1. The number of methoxy groups -OCH3 is 1. The van der Waals surface area contributed by atoms with Crippen LogP contribution in [0.5, 0.6) is 5.75 Å². The molecular formula is C21H26N4OS. The molecule has 0 aliphatic heterocycles. The monoisotopic (exact) mass is 382 g/mol. The van der Waals surface area contributed by atoms with Crippen LogP contribution in [0, 0.1) is 0 Å². The molecule has 2 aromatic carbocycles. The van der Waals surface area contributed by atoms with Crippen LogP contribution in [0.25, 0.3) is 10.2 Å². The molecule has 27 heavy (non-hydrogen) atoms. The Morgan fingerprint density at radius 3 is 2.67 bits per heavy atom. The number of nitrogens with zero attached hydrogens (tertiary/aromatic N) is 2. The summed E-state index contributed by atoms with van der Waals surface area (Å²) in [6, 6.07) is 16.3. The Balaban J connectivity index is 1.48. The number of aryl methyl sites for hydroxylation is 1. The lowest BCUT2D eigenvalue weighted by Crippen LogP contribution is -2.37. The fourth-order valence-corrected chi connectivity index (χ4v) is 3.73. The van der Waals surface area contributed by atoms with Gasteiger partial charge in [-0.25, -0.2) is 9.98 Å². The number of hydrogen-bond donors (Lipinski definition) is 2. The topological polar surface area (TPSA) is 58.5 Å². The van der Waals surface area contributed by atoms with Gasteiger partial charge in [-0.2, -0.15) is 0 Å². The summed E-state index contributed by atoms with van der Waals surface area (Å²) < 4.78 is 6.45. The maximum absolute atomic E-state index is 5.19. The molecule has 1 aromatic heterocycles. The van der Waals surface area contributed by atoms with Crippen molar-refractivity contribution in [3.05, 3.63) is 59.1 Å². The van der Waals surface area contributed by atoms with Gasteiger partial charge in [-0.15, -0.1) is 11.3 Å². The van der Waals surface area contributed by atoms with Crippen molar-refractivity contribution in [2.24, 2.45) is 4.99 Å². The van der Waals surface area contributed by atoms with Gasteiger partial charge in [0.2, 0.25) is 0 Å². The Hall–Kier alpha value is -2.60. The van der Waals surface area contributed by atoms with Crippen molar-refractivity contribution in [3.8, 4) is 5.75 Å². The van der Waals surface area contributed by atoms with Crippen molar-refractivity contribution < 1.29 is 4.74 Å². The summed E-state index contributed by atoms with van der Waals surface area (Å²) in [5.41, 5.74) is 2.25. The zero-order chi connectivity index (χ0) is 18.9. The highest BCUT2D eigenvalue weighted by Crippen LogP contribution is 2.22. The summed E-state index contributed by atoms with van der Waals surface area (Å²) in [6.45, 7) is 4.42. The minimum absolute atomic E-state index is 0.636. The number of fused-ring (bicyclic) bond motifs is 1. The quantitative estimate of drug-likeness (QED) is 0.351. The molecule has 0 amide bonds. The summed E-state index contributed by atoms with van der Waals surface area (Å²) in [6.07, 6.45) is 2.00. The maximum Gasteiger partial charge on any atom is 0.191 e. The van der Waals surface area contributed by atoms with Crippen LogP contribution in [0.1, 0.15) is 23.9 Å². The van der Waals surface area contributed by atoms with Crippen LogP contribution < -0.4 is 15.4 Å². The van der Waals surface area contributed by atoms with Gasteiger partial charge in [-0.05, 0) is 43.2 Å². The minimum Gasteiger partial charge on any atom is -0.497 e. The van der Waals surface area contributed by atoms with Crippen LogP contribution in [-0.4, -0.2) is 31.1 Å². The molecule has 0 fully saturated rings. The van der Waals surface area contributed by atoms with E-state index in [9.17, 15) is 0 Å². The first-order chi connectivity index (χ1) is 13.3. The normalized spacial score (nSPS) is 11.6. The molecule has 3 aromatic rings. The molecule has 1 heterocycles. The van der Waals surface area contributed by atoms with Crippen molar-refractivity contribution in [2.45, 2.75) is 26.3 Å². The minimum atomic E-state index is 0.636. The fraction of sp³-hybridized carbons (Fsp3) is 0.333. The van der Waals surface area contributed by atoms with Gasteiger partial charge in [-0.3, -0.25) is 0 Å². The van der Waals surface area contributed by atoms with E-state index in [4.69, 9.17) is 9.72 Å². The molecule has 142 valence electrons. The molecular weight excluding hydrogens is 356 g/mol. The largest absolute Gasteiger partial charge is 0.497 e. The van der Waals surface area contributed by atoms with Crippen LogP contribution in [0.2, 0.25) is 0 Å². The average Bonchev–Trinajstić information content (AvgIpc) is 3.12. The van der Waals surface area contributed by atoms with E-state index in [0.717, 1.165) is 48.7 Å². The predicted molar refractivity (Wildman–Crippen MR) is 114 cm³/mol. The van der Waals surface area contributed by atoms with Gasteiger partial charge in [0.05, 0.1) is 28.9 Å². The summed E-state index contributed by atoms with van der Waals surface area (Å²) in [5, 5.41) is 7.90. The van der Waals surface area contributed by atoms with Crippen molar-refractivity contribution in [3.63, 3.8) is 0 Å². The lowest BCUT2D eigenvalue weighted by molar-refractivity contribution is 0.414. The van der Waals surface area contributed by atoms with E-state index in [2.05, 4.69) is 40.7 Å². The number of benzene rings is 2. The number of para-hydroxylation sites is 1. The number of rotatable bonds is 8. The smallest absolute Gasteiger partial charge is 0.191 e. The second-order valence-electron chi connectivity index (χ2n) is 6.15. The number of hydrogen-bond acceptors (Lipinski definition) is 4. The summed E-state index contributed by atoms with van der Waals surface area (Å²) in [7, 11) is 1.68. The molecule has 0 aliphatic carbocycles. The zero-order valence-corrected chi connectivity index (χ0v) is 16.7. The van der Waals surface area contributed by atoms with Gasteiger partial charge >= 0.3 is 0 Å². The summed E-state index contributed by atoms with van der Waals surface area (Å²) in [5.74, 6) is 1.71. The second-order valence-corrected chi connectivity index (χ2v) is 7.26. The highest BCUT2D eigenvalue weighted by Gasteiger charge is 2.03. The van der Waals surface area contributed by atoms with Gasteiger partial charge < -0.3 is 15.4 Å². The zero-order valence-electron chi connectivity index (χ0n) is 15.9. The number of guanidine groups is 1. The van der Waals surface area contributed by atoms with Gasteiger partial charge in [0.25, 0.3) is 0 Å². The first-order valence-electron chi connectivity index (χ1n) is 9.28. The third-order valence-corrected chi connectivity index (χ3v) is 5.22. The lowest BCUT2D eigenvalue weighted by Gasteiger charge is -2.11. The number of nitrogens with one attached hydrogen (secondary N) is 2. The molecule has 2 N–H and O–H groups in total. The van der Waals surface area contributed by atoms with Gasteiger partial charge in [0.1, 0.15) is 5.75 Å². The third-order valence-electron chi connectivity index (χ3n) is 4.12. The van der Waals surface area contributed by atoms with Crippen molar-refractivity contribution in [1.82, 2.24) is 15.6 Å². The molecule has 0 aliphatic rings. The molecule has 0 saturated carbocycles. The molecule has 0 unspecified atom stereocenters. The summed E-state index contributed by atoms with van der Waals surface area (Å²) in [4.78, 5) is 9.35. The van der Waals surface area contributed by atoms with Crippen LogP contribution >= 0.6 is 11.3 Å². The highest BCUT2D eigenvalue weighted by molar-refractivity contribution is 7.18. The molecule has 5 nitrogen and oxygen atoms in total. The molecule has 0 atom stereocenters. The first kappa shape index (κ1) is 19.2.